The van der Waals surface area contributed by atoms with Gasteiger partial charge >= 0.3 is 0 Å². The van der Waals surface area contributed by atoms with Crippen LogP contribution in [0, 0.1) is 11.7 Å². The number of carbonyl (C=O) groups is 2. The summed E-state index contributed by atoms with van der Waals surface area (Å²) in [5, 5.41) is 3.03. The first-order valence-electron chi connectivity index (χ1n) is 10.3. The van der Waals surface area contributed by atoms with Crippen LogP contribution in [-0.2, 0) is 20.7 Å². The number of nitrogens with one attached hydrogen (secondary N) is 1. The van der Waals surface area contributed by atoms with Gasteiger partial charge in [0.05, 0.1) is 13.7 Å². The van der Waals surface area contributed by atoms with Crippen molar-refractivity contribution in [3.05, 3.63) is 29.6 Å². The molecule has 1 aromatic rings. The SMILES string of the molecule is COC[C@@H]1CCCN(C(=O)CC[C@@]2(Cc3cc(OC)ccc3F)CCC(=O)N2)C1. The Morgan fingerprint density at radius 3 is 2.90 bits per heavy atom. The molecule has 2 saturated heterocycles. The molecule has 0 aliphatic carbocycles. The summed E-state index contributed by atoms with van der Waals surface area (Å²) in [4.78, 5) is 26.7. The molecule has 1 aromatic carbocycles. The average molecular weight is 406 g/mol. The Kier molecular flexibility index (Phi) is 7.11. The van der Waals surface area contributed by atoms with Gasteiger partial charge in [-0.05, 0) is 61.8 Å². The van der Waals surface area contributed by atoms with E-state index in [0.29, 0.717) is 55.9 Å². The standard InChI is InChI=1S/C22H31FN2O4/c1-28-15-16-4-3-11-25(14-16)21(27)8-10-22(9-7-20(26)24-22)13-17-12-18(29-2)5-6-19(17)23/h5-6,12,16H,3-4,7-11,13-15H2,1-2H3,(H,24,26)/t16-,22-/m1/s1. The normalized spacial score (nSPS) is 24.4. The first-order chi connectivity index (χ1) is 13.9. The number of benzene rings is 1. The molecular weight excluding hydrogens is 375 g/mol. The minimum absolute atomic E-state index is 0.0427. The maximum absolute atomic E-state index is 14.4. The summed E-state index contributed by atoms with van der Waals surface area (Å²) < 4.78 is 24.8. The van der Waals surface area contributed by atoms with Gasteiger partial charge in [-0.25, -0.2) is 4.39 Å². The van der Waals surface area contributed by atoms with Crippen LogP contribution in [0.2, 0.25) is 0 Å². The van der Waals surface area contributed by atoms with Crippen molar-refractivity contribution in [1.82, 2.24) is 10.2 Å². The fourth-order valence-corrected chi connectivity index (χ4v) is 4.53. The van der Waals surface area contributed by atoms with E-state index in [4.69, 9.17) is 9.47 Å². The number of rotatable bonds is 8. The van der Waals surface area contributed by atoms with Crippen molar-refractivity contribution in [2.45, 2.75) is 50.5 Å². The van der Waals surface area contributed by atoms with Crippen molar-refractivity contribution in [3.63, 3.8) is 0 Å². The molecule has 1 N–H and O–H groups in total. The molecule has 0 saturated carbocycles. The monoisotopic (exact) mass is 406 g/mol. The molecule has 160 valence electrons. The van der Waals surface area contributed by atoms with E-state index in [1.54, 1.807) is 19.2 Å². The smallest absolute Gasteiger partial charge is 0.222 e. The molecule has 0 unspecified atom stereocenters. The molecule has 0 bridgehead atoms. The van der Waals surface area contributed by atoms with Crippen LogP contribution in [0.4, 0.5) is 4.39 Å². The fourth-order valence-electron chi connectivity index (χ4n) is 4.53. The quantitative estimate of drug-likeness (QED) is 0.721. The topological polar surface area (TPSA) is 67.9 Å². The van der Waals surface area contributed by atoms with E-state index in [0.717, 1.165) is 25.9 Å². The first kappa shape index (κ1) is 21.6. The van der Waals surface area contributed by atoms with Gasteiger partial charge in [-0.3, -0.25) is 9.59 Å². The highest BCUT2D eigenvalue weighted by Gasteiger charge is 2.39. The fraction of sp³-hybridized carbons (Fsp3) is 0.636. The Hall–Kier alpha value is -2.15. The summed E-state index contributed by atoms with van der Waals surface area (Å²) in [6.07, 6.45) is 4.25. The molecule has 2 amide bonds. The van der Waals surface area contributed by atoms with Crippen LogP contribution < -0.4 is 10.1 Å². The summed E-state index contributed by atoms with van der Waals surface area (Å²) in [5.41, 5.74) is -0.0982. The number of amides is 2. The van der Waals surface area contributed by atoms with Crippen molar-refractivity contribution in [2.75, 3.05) is 33.9 Å². The predicted molar refractivity (Wildman–Crippen MR) is 107 cm³/mol. The molecule has 2 atom stereocenters. The van der Waals surface area contributed by atoms with Crippen molar-refractivity contribution in [3.8, 4) is 5.75 Å². The van der Waals surface area contributed by atoms with Gasteiger partial charge in [-0.15, -0.1) is 0 Å². The minimum Gasteiger partial charge on any atom is -0.497 e. The third kappa shape index (κ3) is 5.47. The molecule has 0 radical (unpaired) electrons. The third-order valence-electron chi connectivity index (χ3n) is 6.11. The molecule has 0 spiro atoms. The van der Waals surface area contributed by atoms with Gasteiger partial charge < -0.3 is 19.7 Å². The lowest BCUT2D eigenvalue weighted by molar-refractivity contribution is -0.134. The molecule has 2 aliphatic heterocycles. The second-order valence-electron chi connectivity index (χ2n) is 8.27. The summed E-state index contributed by atoms with van der Waals surface area (Å²) in [6, 6.07) is 4.63. The lowest BCUT2D eigenvalue weighted by atomic mass is 9.84. The van der Waals surface area contributed by atoms with Gasteiger partial charge in [0.1, 0.15) is 11.6 Å². The lowest BCUT2D eigenvalue weighted by Gasteiger charge is -2.34. The highest BCUT2D eigenvalue weighted by molar-refractivity contribution is 5.80. The summed E-state index contributed by atoms with van der Waals surface area (Å²) >= 11 is 0. The van der Waals surface area contributed by atoms with E-state index >= 15 is 0 Å². The Morgan fingerprint density at radius 1 is 1.38 bits per heavy atom. The number of nitrogens with zero attached hydrogens (tertiary/aromatic N) is 1. The Bertz CT molecular complexity index is 740. The van der Waals surface area contributed by atoms with Gasteiger partial charge in [-0.1, -0.05) is 0 Å². The second-order valence-corrected chi connectivity index (χ2v) is 8.27. The van der Waals surface area contributed by atoms with Crippen LogP contribution >= 0.6 is 0 Å². The van der Waals surface area contributed by atoms with Crippen LogP contribution in [0.15, 0.2) is 18.2 Å². The number of ether oxygens (including phenoxy) is 2. The Morgan fingerprint density at radius 2 is 2.21 bits per heavy atom. The van der Waals surface area contributed by atoms with E-state index in [2.05, 4.69) is 5.32 Å². The third-order valence-corrected chi connectivity index (χ3v) is 6.11. The molecule has 29 heavy (non-hydrogen) atoms. The minimum atomic E-state index is -0.596. The molecule has 7 heteroatoms. The Balaban J connectivity index is 1.66. The molecular formula is C22H31FN2O4. The van der Waals surface area contributed by atoms with Gasteiger partial charge in [0.15, 0.2) is 0 Å². The zero-order valence-electron chi connectivity index (χ0n) is 17.3. The first-order valence-corrected chi connectivity index (χ1v) is 10.3. The zero-order valence-corrected chi connectivity index (χ0v) is 17.3. The maximum atomic E-state index is 14.4. The van der Waals surface area contributed by atoms with E-state index < -0.39 is 5.54 Å². The number of hydrogen-bond donors (Lipinski definition) is 1. The van der Waals surface area contributed by atoms with E-state index in [9.17, 15) is 14.0 Å². The predicted octanol–water partition coefficient (Wildman–Crippen LogP) is 2.69. The summed E-state index contributed by atoms with van der Waals surface area (Å²) in [7, 11) is 3.23. The van der Waals surface area contributed by atoms with E-state index in [-0.39, 0.29) is 17.6 Å². The molecule has 2 fully saturated rings. The highest BCUT2D eigenvalue weighted by Crippen LogP contribution is 2.32. The molecule has 2 heterocycles. The molecule has 2 aliphatic rings. The molecule has 0 aromatic heterocycles. The lowest BCUT2D eigenvalue weighted by Crippen LogP contribution is -2.46. The largest absolute Gasteiger partial charge is 0.497 e. The Labute approximate surface area is 171 Å². The van der Waals surface area contributed by atoms with Crippen molar-refractivity contribution in [2.24, 2.45) is 5.92 Å². The van der Waals surface area contributed by atoms with Crippen LogP contribution in [0.3, 0.4) is 0 Å². The van der Waals surface area contributed by atoms with Crippen molar-refractivity contribution in [1.29, 1.82) is 0 Å². The van der Waals surface area contributed by atoms with Crippen LogP contribution in [0.25, 0.3) is 0 Å². The van der Waals surface area contributed by atoms with Crippen LogP contribution in [-0.4, -0.2) is 56.2 Å². The van der Waals surface area contributed by atoms with E-state index in [1.807, 2.05) is 4.90 Å². The van der Waals surface area contributed by atoms with Crippen LogP contribution in [0.1, 0.15) is 44.1 Å². The molecule has 6 nitrogen and oxygen atoms in total. The number of likely N-dealkylation sites (tertiary alicyclic amines) is 1. The number of hydrogen-bond acceptors (Lipinski definition) is 4. The maximum Gasteiger partial charge on any atom is 0.222 e. The van der Waals surface area contributed by atoms with Gasteiger partial charge in [0.25, 0.3) is 0 Å². The van der Waals surface area contributed by atoms with Crippen molar-refractivity contribution >= 4 is 11.8 Å². The van der Waals surface area contributed by atoms with Crippen LogP contribution in [0.5, 0.6) is 5.75 Å². The number of piperidine rings is 1. The highest BCUT2D eigenvalue weighted by atomic mass is 19.1. The zero-order chi connectivity index (χ0) is 20.9. The van der Waals surface area contributed by atoms with Gasteiger partial charge in [-0.2, -0.15) is 0 Å². The van der Waals surface area contributed by atoms with Gasteiger partial charge in [0, 0.05) is 38.6 Å². The second kappa shape index (κ2) is 9.57. The summed E-state index contributed by atoms with van der Waals surface area (Å²) in [5.74, 6) is 0.686. The van der Waals surface area contributed by atoms with E-state index in [1.165, 1.54) is 13.2 Å². The summed E-state index contributed by atoms with van der Waals surface area (Å²) in [6.45, 7) is 2.15. The average Bonchev–Trinajstić information content (AvgIpc) is 3.09. The number of carbonyl (C=O) groups excluding carboxylic acids is 2. The van der Waals surface area contributed by atoms with Crippen molar-refractivity contribution < 1.29 is 23.5 Å². The number of methoxy groups -OCH3 is 2. The molecule has 3 rings (SSSR count). The number of halogens is 1. The van der Waals surface area contributed by atoms with Gasteiger partial charge in [0.2, 0.25) is 11.8 Å².